The van der Waals surface area contributed by atoms with E-state index in [1.54, 1.807) is 12.1 Å². The lowest BCUT2D eigenvalue weighted by Gasteiger charge is -2.10. The summed E-state index contributed by atoms with van der Waals surface area (Å²) in [6, 6.07) is 5.29. The Balaban J connectivity index is 2.15. The van der Waals surface area contributed by atoms with Gasteiger partial charge in [-0.15, -0.1) is 0 Å². The van der Waals surface area contributed by atoms with Crippen molar-refractivity contribution in [3.05, 3.63) is 40.3 Å². The topological polar surface area (TPSA) is 73.9 Å². The molecule has 1 aliphatic heterocycles. The number of carbonyl (C=O) groups excluding carboxylic acids is 2. The van der Waals surface area contributed by atoms with Gasteiger partial charge < -0.3 is 19.5 Å². The van der Waals surface area contributed by atoms with Gasteiger partial charge in [0, 0.05) is 0 Å². The van der Waals surface area contributed by atoms with Crippen LogP contribution in [0.15, 0.2) is 34.8 Å². The van der Waals surface area contributed by atoms with Crippen molar-refractivity contribution in [3.63, 3.8) is 0 Å². The number of ether oxygens (including phenoxy) is 3. The molecule has 8 heteroatoms. The fourth-order valence-corrected chi connectivity index (χ4v) is 3.02. The second-order valence-electron chi connectivity index (χ2n) is 4.96. The highest BCUT2D eigenvalue weighted by atomic mass is 32.2. The zero-order valence-electron chi connectivity index (χ0n) is 14.0. The Labute approximate surface area is 155 Å². The van der Waals surface area contributed by atoms with Crippen LogP contribution in [-0.4, -0.2) is 37.0 Å². The van der Waals surface area contributed by atoms with Gasteiger partial charge in [-0.2, -0.15) is 0 Å². The zero-order chi connectivity index (χ0) is 18.4. The highest BCUT2D eigenvalue weighted by Crippen LogP contribution is 2.30. The first kappa shape index (κ1) is 19.0. The predicted octanol–water partition coefficient (Wildman–Crippen LogP) is 2.68. The summed E-state index contributed by atoms with van der Waals surface area (Å²) in [6.07, 6.45) is 3.68. The van der Waals surface area contributed by atoms with E-state index < -0.39 is 5.97 Å². The molecule has 1 aromatic carbocycles. The number of amides is 1. The number of allylic oxidation sites excluding steroid dienone is 2. The number of thioether (sulfide) groups is 1. The Kier molecular flexibility index (Phi) is 6.60. The Morgan fingerprint density at radius 2 is 2.08 bits per heavy atom. The van der Waals surface area contributed by atoms with Gasteiger partial charge in [-0.25, -0.2) is 4.79 Å². The first-order valence-corrected chi connectivity index (χ1v) is 8.47. The standard InChI is InChI=1S/C17H17NO5S2/c1-10(15-16(20)18-17(24)25-15)4-5-11-6-7-12(13(8-11)21-2)23-9-14(19)22-3/h4-8H,9H2,1-3H3,(H,18,20,24)/b5-4+,15-10+. The van der Waals surface area contributed by atoms with Gasteiger partial charge in [0.05, 0.1) is 19.1 Å². The minimum absolute atomic E-state index is 0.179. The van der Waals surface area contributed by atoms with Crippen molar-refractivity contribution in [2.45, 2.75) is 6.92 Å². The minimum Gasteiger partial charge on any atom is -0.493 e. The maximum Gasteiger partial charge on any atom is 0.343 e. The quantitative estimate of drug-likeness (QED) is 0.463. The second kappa shape index (κ2) is 8.68. The van der Waals surface area contributed by atoms with Crippen molar-refractivity contribution in [2.24, 2.45) is 0 Å². The molecule has 0 atom stereocenters. The predicted molar refractivity (Wildman–Crippen MR) is 101 cm³/mol. The first-order chi connectivity index (χ1) is 11.9. The second-order valence-corrected chi connectivity index (χ2v) is 6.65. The molecule has 1 amide bonds. The number of nitrogens with one attached hydrogen (secondary N) is 1. The molecule has 25 heavy (non-hydrogen) atoms. The zero-order valence-corrected chi connectivity index (χ0v) is 15.6. The molecule has 0 spiro atoms. The average Bonchev–Trinajstić information content (AvgIpc) is 2.96. The van der Waals surface area contributed by atoms with Gasteiger partial charge in [-0.3, -0.25) is 4.79 Å². The van der Waals surface area contributed by atoms with Crippen molar-refractivity contribution in [2.75, 3.05) is 20.8 Å². The highest BCUT2D eigenvalue weighted by Gasteiger charge is 2.23. The number of rotatable bonds is 6. The molecule has 1 saturated heterocycles. The smallest absolute Gasteiger partial charge is 0.343 e. The lowest BCUT2D eigenvalue weighted by Crippen LogP contribution is -2.18. The molecule has 0 saturated carbocycles. The third-order valence-electron chi connectivity index (χ3n) is 3.26. The van der Waals surface area contributed by atoms with Crippen LogP contribution in [0, 0.1) is 0 Å². The van der Waals surface area contributed by atoms with Gasteiger partial charge in [0.15, 0.2) is 18.1 Å². The van der Waals surface area contributed by atoms with Gasteiger partial charge in [-0.05, 0) is 30.2 Å². The number of carbonyl (C=O) groups is 2. The van der Waals surface area contributed by atoms with Crippen molar-refractivity contribution in [1.29, 1.82) is 0 Å². The molecule has 0 unspecified atom stereocenters. The van der Waals surface area contributed by atoms with E-state index in [4.69, 9.17) is 21.7 Å². The lowest BCUT2D eigenvalue weighted by molar-refractivity contribution is -0.142. The maximum atomic E-state index is 11.7. The molecular formula is C17H17NO5S2. The van der Waals surface area contributed by atoms with Crippen LogP contribution in [0.4, 0.5) is 0 Å². The van der Waals surface area contributed by atoms with E-state index in [0.29, 0.717) is 20.7 Å². The SMILES string of the molecule is COC(=O)COc1ccc(/C=C/C(C)=C2/SC(=S)NC2=O)cc1OC. The summed E-state index contributed by atoms with van der Waals surface area (Å²) in [6.45, 7) is 1.65. The number of thiocarbonyl (C=S) groups is 1. The summed E-state index contributed by atoms with van der Waals surface area (Å²) in [5.74, 6) is 0.279. The van der Waals surface area contributed by atoms with E-state index >= 15 is 0 Å². The molecule has 2 rings (SSSR count). The molecule has 0 aromatic heterocycles. The number of esters is 1. The third-order valence-corrected chi connectivity index (χ3v) is 4.61. The van der Waals surface area contributed by atoms with Crippen LogP contribution in [0.1, 0.15) is 12.5 Å². The normalized spacial score (nSPS) is 16.0. The maximum absolute atomic E-state index is 11.7. The van der Waals surface area contributed by atoms with E-state index in [1.807, 2.05) is 25.1 Å². The van der Waals surface area contributed by atoms with Crippen molar-refractivity contribution in [1.82, 2.24) is 5.32 Å². The molecule has 0 bridgehead atoms. The molecule has 1 aromatic rings. The number of hydrogen-bond acceptors (Lipinski definition) is 7. The summed E-state index contributed by atoms with van der Waals surface area (Å²) in [4.78, 5) is 23.5. The monoisotopic (exact) mass is 379 g/mol. The molecule has 132 valence electrons. The minimum atomic E-state index is -0.474. The van der Waals surface area contributed by atoms with E-state index in [9.17, 15) is 9.59 Å². The summed E-state index contributed by atoms with van der Waals surface area (Å²) in [7, 11) is 2.81. The fourth-order valence-electron chi connectivity index (χ4n) is 1.97. The third kappa shape index (κ3) is 5.07. The van der Waals surface area contributed by atoms with Crippen molar-refractivity contribution in [3.8, 4) is 11.5 Å². The Bertz CT molecular complexity index is 770. The number of methoxy groups -OCH3 is 2. The first-order valence-electron chi connectivity index (χ1n) is 7.24. The Morgan fingerprint density at radius 3 is 2.68 bits per heavy atom. The average molecular weight is 379 g/mol. The van der Waals surface area contributed by atoms with Crippen LogP contribution in [0.5, 0.6) is 11.5 Å². The fraction of sp³-hybridized carbons (Fsp3) is 0.235. The van der Waals surface area contributed by atoms with Gasteiger partial charge in [0.2, 0.25) is 0 Å². The van der Waals surface area contributed by atoms with E-state index in [1.165, 1.54) is 26.0 Å². The molecule has 1 heterocycles. The van der Waals surface area contributed by atoms with Crippen molar-refractivity contribution < 1.29 is 23.8 Å². The molecule has 1 fully saturated rings. The van der Waals surface area contributed by atoms with Crippen LogP contribution in [0.3, 0.4) is 0 Å². The highest BCUT2D eigenvalue weighted by molar-refractivity contribution is 8.26. The Hall–Kier alpha value is -2.32. The van der Waals surface area contributed by atoms with Crippen LogP contribution >= 0.6 is 24.0 Å². The van der Waals surface area contributed by atoms with E-state index in [2.05, 4.69) is 10.1 Å². The molecule has 0 aliphatic carbocycles. The van der Waals surface area contributed by atoms with Crippen LogP contribution < -0.4 is 14.8 Å². The van der Waals surface area contributed by atoms with E-state index in [-0.39, 0.29) is 12.5 Å². The van der Waals surface area contributed by atoms with Crippen LogP contribution in [-0.2, 0) is 14.3 Å². The summed E-state index contributed by atoms with van der Waals surface area (Å²) >= 11 is 6.23. The molecule has 1 N–H and O–H groups in total. The Morgan fingerprint density at radius 1 is 1.32 bits per heavy atom. The van der Waals surface area contributed by atoms with Gasteiger partial charge >= 0.3 is 5.97 Å². The molecule has 1 aliphatic rings. The van der Waals surface area contributed by atoms with Crippen LogP contribution in [0.25, 0.3) is 6.08 Å². The molecule has 0 radical (unpaired) electrons. The molecule has 6 nitrogen and oxygen atoms in total. The van der Waals surface area contributed by atoms with Gasteiger partial charge in [-0.1, -0.05) is 42.2 Å². The number of benzene rings is 1. The van der Waals surface area contributed by atoms with Gasteiger partial charge in [0.1, 0.15) is 4.32 Å². The van der Waals surface area contributed by atoms with Crippen LogP contribution in [0.2, 0.25) is 0 Å². The summed E-state index contributed by atoms with van der Waals surface area (Å²) in [5.41, 5.74) is 1.67. The molecular weight excluding hydrogens is 362 g/mol. The van der Waals surface area contributed by atoms with E-state index in [0.717, 1.165) is 11.1 Å². The lowest BCUT2D eigenvalue weighted by atomic mass is 10.1. The summed E-state index contributed by atoms with van der Waals surface area (Å²) < 4.78 is 15.6. The van der Waals surface area contributed by atoms with Crippen molar-refractivity contribution >= 4 is 46.3 Å². The summed E-state index contributed by atoms with van der Waals surface area (Å²) in [5, 5.41) is 2.59. The number of hydrogen-bond donors (Lipinski definition) is 1. The van der Waals surface area contributed by atoms with Gasteiger partial charge in [0.25, 0.3) is 5.91 Å². The largest absolute Gasteiger partial charge is 0.493 e.